The highest BCUT2D eigenvalue weighted by Crippen LogP contribution is 2.35. The van der Waals surface area contributed by atoms with E-state index in [-0.39, 0.29) is 6.04 Å². The van der Waals surface area contributed by atoms with E-state index in [4.69, 9.17) is 10.5 Å². The Bertz CT molecular complexity index is 323. The van der Waals surface area contributed by atoms with Crippen molar-refractivity contribution in [1.29, 1.82) is 0 Å². The Balaban J connectivity index is 3.13. The topological polar surface area (TPSA) is 35.2 Å². The molecule has 0 amide bonds. The Morgan fingerprint density at radius 1 is 1.27 bits per heavy atom. The maximum absolute atomic E-state index is 5.97. The Hall–Kier alpha value is -0.670. The molecule has 0 saturated carbocycles. The number of rotatable bonds is 4. The van der Waals surface area contributed by atoms with Crippen LogP contribution in [0.5, 0.6) is 5.75 Å². The summed E-state index contributed by atoms with van der Waals surface area (Å²) >= 11 is 1.82. The van der Waals surface area contributed by atoms with Gasteiger partial charge in [-0.05, 0) is 19.1 Å². The molecular weight excluding hydrogens is 206 g/mol. The van der Waals surface area contributed by atoms with E-state index in [0.29, 0.717) is 5.25 Å². The van der Waals surface area contributed by atoms with Crippen LogP contribution in [0.3, 0.4) is 0 Å². The molecule has 0 unspecified atom stereocenters. The number of methoxy groups -OCH3 is 1. The summed E-state index contributed by atoms with van der Waals surface area (Å²) < 4.78 is 5.34. The Morgan fingerprint density at radius 3 is 2.40 bits per heavy atom. The van der Waals surface area contributed by atoms with Crippen molar-refractivity contribution in [3.05, 3.63) is 23.8 Å². The maximum Gasteiger partial charge on any atom is 0.124 e. The normalized spacial score (nSPS) is 12.9. The molecule has 84 valence electrons. The molecule has 0 heterocycles. The van der Waals surface area contributed by atoms with Crippen LogP contribution in [0, 0.1) is 0 Å². The summed E-state index contributed by atoms with van der Waals surface area (Å²) in [7, 11) is 1.69. The van der Waals surface area contributed by atoms with Gasteiger partial charge < -0.3 is 10.5 Å². The molecule has 0 spiro atoms. The van der Waals surface area contributed by atoms with Crippen molar-refractivity contribution in [3.8, 4) is 5.75 Å². The highest BCUT2D eigenvalue weighted by molar-refractivity contribution is 8.00. The predicted molar refractivity (Wildman–Crippen MR) is 66.6 cm³/mol. The number of thioether (sulfide) groups is 1. The second-order valence-corrected chi connectivity index (χ2v) is 5.45. The maximum atomic E-state index is 5.97. The average Bonchev–Trinajstić information content (AvgIpc) is 2.15. The first-order valence-corrected chi connectivity index (χ1v) is 6.03. The smallest absolute Gasteiger partial charge is 0.124 e. The lowest BCUT2D eigenvalue weighted by molar-refractivity contribution is 0.405. The molecule has 3 heteroatoms. The number of ether oxygens (including phenoxy) is 1. The molecule has 0 saturated heterocycles. The molecule has 0 bridgehead atoms. The van der Waals surface area contributed by atoms with E-state index in [1.807, 2.05) is 30.8 Å². The summed E-state index contributed by atoms with van der Waals surface area (Å²) in [6, 6.07) is 6.08. The largest absolute Gasteiger partial charge is 0.496 e. The van der Waals surface area contributed by atoms with Crippen LogP contribution in [0.15, 0.2) is 23.1 Å². The van der Waals surface area contributed by atoms with E-state index in [2.05, 4.69) is 19.9 Å². The summed E-state index contributed by atoms with van der Waals surface area (Å²) in [5.41, 5.74) is 7.08. The standard InChI is InChI=1S/C12H19NOS/c1-8(2)15-11-7-5-6-10(14-4)12(11)9(3)13/h5-9H,13H2,1-4H3/t9-/m1/s1. The molecule has 2 N–H and O–H groups in total. The quantitative estimate of drug-likeness (QED) is 0.799. The van der Waals surface area contributed by atoms with Crippen LogP contribution in [0.25, 0.3) is 0 Å². The fourth-order valence-electron chi connectivity index (χ4n) is 1.51. The van der Waals surface area contributed by atoms with Gasteiger partial charge in [-0.25, -0.2) is 0 Å². The molecule has 1 atom stereocenters. The summed E-state index contributed by atoms with van der Waals surface area (Å²) in [5, 5.41) is 0.551. The van der Waals surface area contributed by atoms with Gasteiger partial charge in [0.25, 0.3) is 0 Å². The van der Waals surface area contributed by atoms with Crippen LogP contribution in [0.1, 0.15) is 32.4 Å². The van der Waals surface area contributed by atoms with Gasteiger partial charge in [0.05, 0.1) is 7.11 Å². The first kappa shape index (κ1) is 12.4. The highest BCUT2D eigenvalue weighted by atomic mass is 32.2. The lowest BCUT2D eigenvalue weighted by Gasteiger charge is -2.17. The SMILES string of the molecule is COc1cccc(SC(C)C)c1[C@@H](C)N. The van der Waals surface area contributed by atoms with Gasteiger partial charge in [-0.3, -0.25) is 0 Å². The second-order valence-electron chi connectivity index (χ2n) is 3.83. The van der Waals surface area contributed by atoms with Crippen LogP contribution in [-0.2, 0) is 0 Å². The zero-order chi connectivity index (χ0) is 11.4. The van der Waals surface area contributed by atoms with E-state index < -0.39 is 0 Å². The molecule has 1 aromatic rings. The van der Waals surface area contributed by atoms with Gasteiger partial charge in [-0.15, -0.1) is 11.8 Å². The first-order chi connectivity index (χ1) is 7.06. The van der Waals surface area contributed by atoms with Crippen molar-refractivity contribution in [2.45, 2.75) is 37.0 Å². The van der Waals surface area contributed by atoms with E-state index in [1.165, 1.54) is 4.90 Å². The number of hydrogen-bond donors (Lipinski definition) is 1. The molecule has 0 aromatic heterocycles. The van der Waals surface area contributed by atoms with E-state index in [9.17, 15) is 0 Å². The summed E-state index contributed by atoms with van der Waals surface area (Å²) in [5.74, 6) is 0.885. The third-order valence-corrected chi connectivity index (χ3v) is 3.15. The van der Waals surface area contributed by atoms with Gasteiger partial charge in [0.2, 0.25) is 0 Å². The van der Waals surface area contributed by atoms with Crippen molar-refractivity contribution < 1.29 is 4.74 Å². The fraction of sp³-hybridized carbons (Fsp3) is 0.500. The van der Waals surface area contributed by atoms with Crippen LogP contribution < -0.4 is 10.5 Å². The van der Waals surface area contributed by atoms with Gasteiger partial charge in [-0.2, -0.15) is 0 Å². The van der Waals surface area contributed by atoms with Gasteiger partial charge in [0.15, 0.2) is 0 Å². The second kappa shape index (κ2) is 5.42. The Morgan fingerprint density at radius 2 is 1.93 bits per heavy atom. The zero-order valence-electron chi connectivity index (χ0n) is 9.78. The molecule has 0 aliphatic rings. The molecule has 0 fully saturated rings. The summed E-state index contributed by atoms with van der Waals surface area (Å²) in [6.07, 6.45) is 0. The van der Waals surface area contributed by atoms with Gasteiger partial charge in [0, 0.05) is 21.8 Å². The van der Waals surface area contributed by atoms with Crippen molar-refractivity contribution in [2.75, 3.05) is 7.11 Å². The Kier molecular flexibility index (Phi) is 4.48. The number of hydrogen-bond acceptors (Lipinski definition) is 3. The molecule has 15 heavy (non-hydrogen) atoms. The predicted octanol–water partition coefficient (Wildman–Crippen LogP) is 3.22. The fourth-order valence-corrected chi connectivity index (χ4v) is 2.59. The van der Waals surface area contributed by atoms with Crippen LogP contribution >= 0.6 is 11.8 Å². The lowest BCUT2D eigenvalue weighted by atomic mass is 10.1. The monoisotopic (exact) mass is 225 g/mol. The molecule has 0 radical (unpaired) electrons. The van der Waals surface area contributed by atoms with Crippen LogP contribution in [0.2, 0.25) is 0 Å². The average molecular weight is 225 g/mol. The van der Waals surface area contributed by atoms with Gasteiger partial charge >= 0.3 is 0 Å². The van der Waals surface area contributed by atoms with E-state index in [1.54, 1.807) is 7.11 Å². The molecule has 1 rings (SSSR count). The minimum absolute atomic E-state index is 0.00222. The van der Waals surface area contributed by atoms with Crippen molar-refractivity contribution in [1.82, 2.24) is 0 Å². The third kappa shape index (κ3) is 3.14. The molecule has 0 aliphatic heterocycles. The molecule has 0 aliphatic carbocycles. The Labute approximate surface area is 96.2 Å². The summed E-state index contributed by atoms with van der Waals surface area (Å²) in [6.45, 7) is 6.34. The minimum Gasteiger partial charge on any atom is -0.496 e. The third-order valence-electron chi connectivity index (χ3n) is 2.06. The van der Waals surface area contributed by atoms with Crippen molar-refractivity contribution in [3.63, 3.8) is 0 Å². The molecular formula is C12H19NOS. The van der Waals surface area contributed by atoms with Crippen molar-refractivity contribution in [2.24, 2.45) is 5.73 Å². The highest BCUT2D eigenvalue weighted by Gasteiger charge is 2.13. The van der Waals surface area contributed by atoms with Gasteiger partial charge in [0.1, 0.15) is 5.75 Å². The zero-order valence-corrected chi connectivity index (χ0v) is 10.6. The van der Waals surface area contributed by atoms with Crippen LogP contribution in [0.4, 0.5) is 0 Å². The van der Waals surface area contributed by atoms with Crippen LogP contribution in [-0.4, -0.2) is 12.4 Å². The first-order valence-electron chi connectivity index (χ1n) is 5.15. The minimum atomic E-state index is 0.00222. The van der Waals surface area contributed by atoms with Gasteiger partial charge in [-0.1, -0.05) is 19.9 Å². The van der Waals surface area contributed by atoms with E-state index in [0.717, 1.165) is 11.3 Å². The lowest BCUT2D eigenvalue weighted by Crippen LogP contribution is -2.09. The number of nitrogens with two attached hydrogens (primary N) is 1. The number of benzene rings is 1. The molecule has 2 nitrogen and oxygen atoms in total. The van der Waals surface area contributed by atoms with Crippen molar-refractivity contribution >= 4 is 11.8 Å². The summed E-state index contributed by atoms with van der Waals surface area (Å²) in [4.78, 5) is 1.22. The molecule has 1 aromatic carbocycles. The van der Waals surface area contributed by atoms with E-state index >= 15 is 0 Å².